The van der Waals surface area contributed by atoms with Crippen molar-refractivity contribution in [2.24, 2.45) is 0 Å². The molecule has 1 amide bonds. The standard InChI is InChI=1S/C9H19NO3/c1-7(6-12-4)10(3)9(11)8(2)13-5/h7-8H,6H2,1-5H3. The number of hydrogen-bond acceptors (Lipinski definition) is 3. The Morgan fingerprint density at radius 2 is 1.92 bits per heavy atom. The third-order valence-corrected chi connectivity index (χ3v) is 2.12. The van der Waals surface area contributed by atoms with Crippen molar-refractivity contribution in [3.05, 3.63) is 0 Å². The Morgan fingerprint density at radius 1 is 1.38 bits per heavy atom. The predicted molar refractivity (Wildman–Crippen MR) is 50.6 cm³/mol. The van der Waals surface area contributed by atoms with Gasteiger partial charge < -0.3 is 14.4 Å². The summed E-state index contributed by atoms with van der Waals surface area (Å²) in [5.41, 5.74) is 0. The van der Waals surface area contributed by atoms with E-state index in [9.17, 15) is 4.79 Å². The van der Waals surface area contributed by atoms with E-state index < -0.39 is 0 Å². The van der Waals surface area contributed by atoms with Gasteiger partial charge in [-0.25, -0.2) is 0 Å². The van der Waals surface area contributed by atoms with Crippen LogP contribution in [0.15, 0.2) is 0 Å². The molecule has 0 aromatic heterocycles. The summed E-state index contributed by atoms with van der Waals surface area (Å²) in [7, 11) is 4.90. The zero-order chi connectivity index (χ0) is 10.4. The van der Waals surface area contributed by atoms with Crippen molar-refractivity contribution in [3.63, 3.8) is 0 Å². The molecule has 2 atom stereocenters. The molecule has 0 heterocycles. The van der Waals surface area contributed by atoms with Gasteiger partial charge in [-0.15, -0.1) is 0 Å². The highest BCUT2D eigenvalue weighted by Gasteiger charge is 2.20. The molecule has 0 rings (SSSR count). The van der Waals surface area contributed by atoms with Crippen LogP contribution in [0.5, 0.6) is 0 Å². The smallest absolute Gasteiger partial charge is 0.251 e. The normalized spacial score (nSPS) is 15.2. The fourth-order valence-corrected chi connectivity index (χ4v) is 0.958. The quantitative estimate of drug-likeness (QED) is 0.632. The van der Waals surface area contributed by atoms with E-state index >= 15 is 0 Å². The third kappa shape index (κ3) is 3.74. The summed E-state index contributed by atoms with van der Waals surface area (Å²) in [5.74, 6) is -0.0212. The van der Waals surface area contributed by atoms with E-state index in [1.807, 2.05) is 6.92 Å². The maximum atomic E-state index is 11.5. The number of nitrogens with zero attached hydrogens (tertiary/aromatic N) is 1. The van der Waals surface area contributed by atoms with Crippen molar-refractivity contribution in [1.82, 2.24) is 4.90 Å². The highest BCUT2D eigenvalue weighted by atomic mass is 16.5. The Kier molecular flexibility index (Phi) is 5.66. The largest absolute Gasteiger partial charge is 0.383 e. The molecule has 4 nitrogen and oxygen atoms in total. The monoisotopic (exact) mass is 189 g/mol. The van der Waals surface area contributed by atoms with Crippen LogP contribution in [0.1, 0.15) is 13.8 Å². The number of carbonyl (C=O) groups excluding carboxylic acids is 1. The second-order valence-corrected chi connectivity index (χ2v) is 3.13. The molecule has 0 saturated carbocycles. The molecular formula is C9H19NO3. The molecule has 0 aromatic carbocycles. The minimum Gasteiger partial charge on any atom is -0.383 e. The van der Waals surface area contributed by atoms with E-state index in [2.05, 4.69) is 0 Å². The van der Waals surface area contributed by atoms with Crippen LogP contribution in [-0.4, -0.2) is 50.8 Å². The van der Waals surface area contributed by atoms with E-state index in [0.717, 1.165) is 0 Å². The topological polar surface area (TPSA) is 38.8 Å². The van der Waals surface area contributed by atoms with Crippen molar-refractivity contribution >= 4 is 5.91 Å². The molecule has 0 saturated heterocycles. The molecule has 78 valence electrons. The second-order valence-electron chi connectivity index (χ2n) is 3.13. The lowest BCUT2D eigenvalue weighted by atomic mass is 10.2. The van der Waals surface area contributed by atoms with E-state index in [1.54, 1.807) is 26.0 Å². The van der Waals surface area contributed by atoms with Crippen LogP contribution in [0.2, 0.25) is 0 Å². The molecule has 0 aromatic rings. The fourth-order valence-electron chi connectivity index (χ4n) is 0.958. The number of likely N-dealkylation sites (N-methyl/N-ethyl adjacent to an activating group) is 1. The Hall–Kier alpha value is -0.610. The SMILES string of the molecule is COCC(C)N(C)C(=O)C(C)OC. The first kappa shape index (κ1) is 12.4. The van der Waals surface area contributed by atoms with Gasteiger partial charge in [0, 0.05) is 21.3 Å². The molecule has 4 heteroatoms. The van der Waals surface area contributed by atoms with Crippen molar-refractivity contribution in [2.45, 2.75) is 26.0 Å². The summed E-state index contributed by atoms with van der Waals surface area (Å²) in [4.78, 5) is 13.2. The van der Waals surface area contributed by atoms with Crippen LogP contribution in [0.3, 0.4) is 0 Å². The maximum Gasteiger partial charge on any atom is 0.251 e. The molecule has 0 aliphatic rings. The van der Waals surface area contributed by atoms with Gasteiger partial charge >= 0.3 is 0 Å². The van der Waals surface area contributed by atoms with Crippen LogP contribution in [-0.2, 0) is 14.3 Å². The molecular weight excluding hydrogens is 170 g/mol. The van der Waals surface area contributed by atoms with Crippen LogP contribution < -0.4 is 0 Å². The van der Waals surface area contributed by atoms with Gasteiger partial charge in [0.1, 0.15) is 6.10 Å². The second kappa shape index (κ2) is 5.94. The third-order valence-electron chi connectivity index (χ3n) is 2.12. The first-order valence-corrected chi connectivity index (χ1v) is 4.33. The molecule has 0 bridgehead atoms. The molecule has 2 unspecified atom stereocenters. The van der Waals surface area contributed by atoms with Gasteiger partial charge in [0.05, 0.1) is 12.6 Å². The van der Waals surface area contributed by atoms with Gasteiger partial charge in [0.2, 0.25) is 0 Å². The van der Waals surface area contributed by atoms with Crippen molar-refractivity contribution in [3.8, 4) is 0 Å². The lowest BCUT2D eigenvalue weighted by Gasteiger charge is -2.26. The number of amides is 1. The maximum absolute atomic E-state index is 11.5. The van der Waals surface area contributed by atoms with E-state index in [1.165, 1.54) is 7.11 Å². The van der Waals surface area contributed by atoms with Gasteiger partial charge in [0.15, 0.2) is 0 Å². The van der Waals surface area contributed by atoms with Gasteiger partial charge in [-0.2, -0.15) is 0 Å². The van der Waals surface area contributed by atoms with Crippen LogP contribution in [0, 0.1) is 0 Å². The Bertz CT molecular complexity index is 161. The van der Waals surface area contributed by atoms with Gasteiger partial charge in [-0.3, -0.25) is 4.79 Å². The first-order chi connectivity index (χ1) is 6.04. The summed E-state index contributed by atoms with van der Waals surface area (Å²) < 4.78 is 9.88. The summed E-state index contributed by atoms with van der Waals surface area (Å²) in [5, 5.41) is 0. The Labute approximate surface area is 79.8 Å². The van der Waals surface area contributed by atoms with Gasteiger partial charge in [0.25, 0.3) is 5.91 Å². The lowest BCUT2D eigenvalue weighted by Crippen LogP contribution is -2.43. The zero-order valence-corrected chi connectivity index (χ0v) is 9.03. The number of rotatable bonds is 5. The van der Waals surface area contributed by atoms with E-state index in [4.69, 9.17) is 9.47 Å². The highest BCUT2D eigenvalue weighted by Crippen LogP contribution is 2.01. The number of carbonyl (C=O) groups is 1. The van der Waals surface area contributed by atoms with Crippen molar-refractivity contribution in [2.75, 3.05) is 27.9 Å². The van der Waals surface area contributed by atoms with E-state index in [-0.39, 0.29) is 18.1 Å². The zero-order valence-electron chi connectivity index (χ0n) is 9.03. The Balaban J connectivity index is 4.08. The molecule has 0 fully saturated rings. The first-order valence-electron chi connectivity index (χ1n) is 4.33. The summed E-state index contributed by atoms with van der Waals surface area (Å²) in [6.07, 6.45) is -0.385. The Morgan fingerprint density at radius 3 is 2.31 bits per heavy atom. The number of methoxy groups -OCH3 is 2. The summed E-state index contributed by atoms with van der Waals surface area (Å²) >= 11 is 0. The molecule has 0 N–H and O–H groups in total. The van der Waals surface area contributed by atoms with Crippen LogP contribution in [0.4, 0.5) is 0 Å². The minimum absolute atomic E-state index is 0.0212. The number of ether oxygens (including phenoxy) is 2. The van der Waals surface area contributed by atoms with E-state index in [0.29, 0.717) is 6.61 Å². The molecule has 0 radical (unpaired) electrons. The molecule has 0 aliphatic carbocycles. The average Bonchev–Trinajstić information content (AvgIpc) is 2.14. The van der Waals surface area contributed by atoms with Gasteiger partial charge in [-0.05, 0) is 13.8 Å². The van der Waals surface area contributed by atoms with Crippen LogP contribution >= 0.6 is 0 Å². The number of hydrogen-bond donors (Lipinski definition) is 0. The van der Waals surface area contributed by atoms with Crippen molar-refractivity contribution < 1.29 is 14.3 Å². The molecule has 0 aliphatic heterocycles. The predicted octanol–water partition coefficient (Wildman–Crippen LogP) is 0.515. The highest BCUT2D eigenvalue weighted by molar-refractivity contribution is 5.80. The van der Waals surface area contributed by atoms with Crippen molar-refractivity contribution in [1.29, 1.82) is 0 Å². The fraction of sp³-hybridized carbons (Fsp3) is 0.889. The van der Waals surface area contributed by atoms with Gasteiger partial charge in [-0.1, -0.05) is 0 Å². The summed E-state index contributed by atoms with van der Waals surface area (Å²) in [6.45, 7) is 4.21. The molecule has 13 heavy (non-hydrogen) atoms. The lowest BCUT2D eigenvalue weighted by molar-refractivity contribution is -0.142. The average molecular weight is 189 g/mol. The molecule has 0 spiro atoms. The summed E-state index contributed by atoms with van der Waals surface area (Å²) in [6, 6.07) is 0.0788. The minimum atomic E-state index is -0.385. The van der Waals surface area contributed by atoms with Crippen LogP contribution in [0.25, 0.3) is 0 Å².